The molecule has 7 nitrogen and oxygen atoms in total. The summed E-state index contributed by atoms with van der Waals surface area (Å²) in [6, 6.07) is 16.3. The van der Waals surface area contributed by atoms with E-state index in [0.29, 0.717) is 24.0 Å². The van der Waals surface area contributed by atoms with Gasteiger partial charge in [0.2, 0.25) is 0 Å². The number of amides is 1. The standard InChI is InChI=1S/C26H37N3O4SSi/c1-35(2,3)15-14-28-26(30)19-29(34(28,31)32)24-12-11-22(16-23-10-7-13-27-18-23)17-25(24)33-20-21-8-5-4-6-9-21/h4-6,8-9,11-12,17,23,27H,7,10,13-16,18-20H2,1-3H3. The Balaban J connectivity index is 1.61. The molecule has 0 saturated carbocycles. The van der Waals surface area contributed by atoms with Gasteiger partial charge in [-0.2, -0.15) is 8.42 Å². The van der Waals surface area contributed by atoms with Gasteiger partial charge in [-0.15, -0.1) is 0 Å². The maximum atomic E-state index is 13.4. The maximum absolute atomic E-state index is 13.4. The average molecular weight is 516 g/mol. The van der Waals surface area contributed by atoms with Gasteiger partial charge in [0.15, 0.2) is 0 Å². The fourth-order valence-electron chi connectivity index (χ4n) is 4.59. The Morgan fingerprint density at radius 2 is 1.86 bits per heavy atom. The van der Waals surface area contributed by atoms with Crippen LogP contribution in [0.15, 0.2) is 48.5 Å². The van der Waals surface area contributed by atoms with Crippen LogP contribution in [0.4, 0.5) is 5.69 Å². The Morgan fingerprint density at radius 3 is 2.54 bits per heavy atom. The molecule has 0 aliphatic carbocycles. The normalized spacial score (nSPS) is 20.3. The molecule has 1 atom stereocenters. The SMILES string of the molecule is C[Si](C)(C)CCN1C(=O)CN(c2ccc(CC3CCCNC3)cc2OCc2ccccc2)S1(=O)=O. The van der Waals surface area contributed by atoms with E-state index >= 15 is 0 Å². The summed E-state index contributed by atoms with van der Waals surface area (Å²) in [5.74, 6) is 0.666. The highest BCUT2D eigenvalue weighted by atomic mass is 32.2. The van der Waals surface area contributed by atoms with Gasteiger partial charge in [-0.05, 0) is 67.6 Å². The Hall–Kier alpha value is -2.36. The predicted molar refractivity (Wildman–Crippen MR) is 143 cm³/mol. The van der Waals surface area contributed by atoms with Crippen molar-refractivity contribution >= 4 is 29.9 Å². The number of benzene rings is 2. The highest BCUT2D eigenvalue weighted by Gasteiger charge is 2.44. The Kier molecular flexibility index (Phi) is 7.88. The van der Waals surface area contributed by atoms with Crippen molar-refractivity contribution in [1.82, 2.24) is 9.62 Å². The van der Waals surface area contributed by atoms with Crippen molar-refractivity contribution in [3.05, 3.63) is 59.7 Å². The number of piperidine rings is 1. The van der Waals surface area contributed by atoms with Crippen molar-refractivity contribution in [2.24, 2.45) is 5.92 Å². The molecule has 0 radical (unpaired) electrons. The molecule has 2 saturated heterocycles. The van der Waals surface area contributed by atoms with E-state index < -0.39 is 18.3 Å². The molecule has 2 aromatic rings. The zero-order valence-corrected chi connectivity index (χ0v) is 22.8. The average Bonchev–Trinajstić information content (AvgIpc) is 3.05. The van der Waals surface area contributed by atoms with Crippen LogP contribution in [0.2, 0.25) is 25.7 Å². The van der Waals surface area contributed by atoms with Crippen molar-refractivity contribution in [3.8, 4) is 5.75 Å². The lowest BCUT2D eigenvalue weighted by Gasteiger charge is -2.25. The van der Waals surface area contributed by atoms with Gasteiger partial charge in [0.25, 0.3) is 5.91 Å². The molecule has 190 valence electrons. The molecule has 1 amide bonds. The fraction of sp³-hybridized carbons (Fsp3) is 0.500. The number of hydrogen-bond acceptors (Lipinski definition) is 5. The van der Waals surface area contributed by atoms with Crippen LogP contribution >= 0.6 is 0 Å². The second-order valence-corrected chi connectivity index (χ2v) is 18.2. The second-order valence-electron chi connectivity index (χ2n) is 10.8. The predicted octanol–water partition coefficient (Wildman–Crippen LogP) is 4.04. The van der Waals surface area contributed by atoms with Crippen LogP contribution in [0, 0.1) is 5.92 Å². The van der Waals surface area contributed by atoms with Crippen LogP contribution in [0.25, 0.3) is 0 Å². The van der Waals surface area contributed by atoms with Crippen molar-refractivity contribution < 1.29 is 17.9 Å². The largest absolute Gasteiger partial charge is 0.487 e. The lowest BCUT2D eigenvalue weighted by Crippen LogP contribution is -2.37. The highest BCUT2D eigenvalue weighted by Crippen LogP contribution is 2.36. The Bertz CT molecular complexity index is 1130. The number of hydrogen-bond donors (Lipinski definition) is 1. The lowest BCUT2D eigenvalue weighted by molar-refractivity contribution is -0.123. The first kappa shape index (κ1) is 25.7. The van der Waals surface area contributed by atoms with E-state index in [9.17, 15) is 13.2 Å². The summed E-state index contributed by atoms with van der Waals surface area (Å²) < 4.78 is 35.3. The number of carbonyl (C=O) groups is 1. The molecule has 2 aliphatic heterocycles. The summed E-state index contributed by atoms with van der Waals surface area (Å²) in [5, 5.41) is 3.46. The van der Waals surface area contributed by atoms with Crippen LogP contribution in [-0.2, 0) is 28.0 Å². The number of nitrogens with one attached hydrogen (secondary N) is 1. The van der Waals surface area contributed by atoms with E-state index in [-0.39, 0.29) is 19.0 Å². The van der Waals surface area contributed by atoms with Crippen LogP contribution in [0.1, 0.15) is 24.0 Å². The van der Waals surface area contributed by atoms with E-state index in [2.05, 4.69) is 25.0 Å². The molecule has 4 rings (SSSR count). The number of anilines is 1. The van der Waals surface area contributed by atoms with Gasteiger partial charge in [-0.25, -0.2) is 8.61 Å². The molecule has 2 aliphatic rings. The van der Waals surface area contributed by atoms with Gasteiger partial charge >= 0.3 is 10.2 Å². The molecule has 1 N–H and O–H groups in total. The fourth-order valence-corrected chi connectivity index (χ4v) is 7.20. The highest BCUT2D eigenvalue weighted by molar-refractivity contribution is 7.91. The minimum Gasteiger partial charge on any atom is -0.487 e. The minimum absolute atomic E-state index is 0.193. The van der Waals surface area contributed by atoms with E-state index in [1.165, 1.54) is 17.1 Å². The van der Waals surface area contributed by atoms with Crippen molar-refractivity contribution in [1.29, 1.82) is 0 Å². The van der Waals surface area contributed by atoms with E-state index in [1.54, 1.807) is 6.07 Å². The number of rotatable bonds is 9. The summed E-state index contributed by atoms with van der Waals surface area (Å²) >= 11 is 0. The second kappa shape index (κ2) is 10.7. The molecule has 0 aromatic heterocycles. The summed E-state index contributed by atoms with van der Waals surface area (Å²) in [5.41, 5.74) is 2.54. The minimum atomic E-state index is -3.95. The summed E-state index contributed by atoms with van der Waals surface area (Å²) in [7, 11) is -5.46. The van der Waals surface area contributed by atoms with Gasteiger partial charge < -0.3 is 10.1 Å². The van der Waals surface area contributed by atoms with Crippen molar-refractivity contribution in [2.75, 3.05) is 30.5 Å². The topological polar surface area (TPSA) is 79.0 Å². The maximum Gasteiger partial charge on any atom is 0.329 e. The first-order valence-electron chi connectivity index (χ1n) is 12.5. The number of carbonyl (C=O) groups excluding carboxylic acids is 1. The molecule has 0 bridgehead atoms. The summed E-state index contributed by atoms with van der Waals surface area (Å²) in [6.07, 6.45) is 3.25. The van der Waals surface area contributed by atoms with Crippen LogP contribution in [-0.4, -0.2) is 52.9 Å². The van der Waals surface area contributed by atoms with E-state index in [1.807, 2.05) is 42.5 Å². The van der Waals surface area contributed by atoms with Crippen LogP contribution < -0.4 is 14.4 Å². The van der Waals surface area contributed by atoms with Gasteiger partial charge in [0.05, 0.1) is 5.69 Å². The van der Waals surface area contributed by atoms with Gasteiger partial charge in [0.1, 0.15) is 18.9 Å². The molecule has 35 heavy (non-hydrogen) atoms. The third kappa shape index (κ3) is 6.45. The third-order valence-corrected chi connectivity index (χ3v) is 10.2. The Labute approximate surface area is 210 Å². The van der Waals surface area contributed by atoms with Gasteiger partial charge in [-0.3, -0.25) is 4.79 Å². The Morgan fingerprint density at radius 1 is 1.09 bits per heavy atom. The molecule has 2 fully saturated rings. The number of nitrogens with zero attached hydrogens (tertiary/aromatic N) is 2. The van der Waals surface area contributed by atoms with E-state index in [4.69, 9.17) is 4.74 Å². The van der Waals surface area contributed by atoms with E-state index in [0.717, 1.165) is 41.0 Å². The van der Waals surface area contributed by atoms with Crippen molar-refractivity contribution in [2.45, 2.75) is 51.6 Å². The molecule has 0 spiro atoms. The number of ether oxygens (including phenoxy) is 1. The lowest BCUT2D eigenvalue weighted by atomic mass is 9.92. The smallest absolute Gasteiger partial charge is 0.329 e. The third-order valence-electron chi connectivity index (χ3n) is 6.63. The van der Waals surface area contributed by atoms with Crippen LogP contribution in [0.5, 0.6) is 5.75 Å². The molecule has 9 heteroatoms. The molecule has 2 aromatic carbocycles. The molecular weight excluding hydrogens is 478 g/mol. The van der Waals surface area contributed by atoms with Crippen LogP contribution in [0.3, 0.4) is 0 Å². The first-order valence-corrected chi connectivity index (χ1v) is 17.6. The molecule has 2 heterocycles. The van der Waals surface area contributed by atoms with Gasteiger partial charge in [-0.1, -0.05) is 56.0 Å². The quantitative estimate of drug-likeness (QED) is 0.510. The molecule has 1 unspecified atom stereocenters. The molecular formula is C26H37N3O4SSi. The zero-order chi connectivity index (χ0) is 25.1. The summed E-state index contributed by atoms with van der Waals surface area (Å²) in [6.45, 7) is 8.94. The first-order chi connectivity index (χ1) is 16.6. The monoisotopic (exact) mass is 515 g/mol. The van der Waals surface area contributed by atoms with Gasteiger partial charge in [0, 0.05) is 14.6 Å². The zero-order valence-electron chi connectivity index (χ0n) is 21.0. The van der Waals surface area contributed by atoms with Crippen molar-refractivity contribution in [3.63, 3.8) is 0 Å². The summed E-state index contributed by atoms with van der Waals surface area (Å²) in [4.78, 5) is 12.8.